The monoisotopic (exact) mass is 366 g/mol. The van der Waals surface area contributed by atoms with Crippen molar-refractivity contribution in [2.24, 2.45) is 0 Å². The second-order valence-electron chi connectivity index (χ2n) is 6.70. The largest absolute Gasteiger partial charge is 0.310 e. The molecule has 0 saturated heterocycles. The maximum absolute atomic E-state index is 11.9. The molecule has 2 aromatic carbocycles. The zero-order valence-electron chi connectivity index (χ0n) is 16.0. The number of carbonyl (C=O) groups excluding carboxylic acids is 2. The second kappa shape index (κ2) is 13.0. The summed E-state index contributed by atoms with van der Waals surface area (Å²) in [4.78, 5) is 23.9. The number of ketones is 2. The molecular weight excluding hydrogens is 336 g/mol. The minimum atomic E-state index is 0.145. The highest BCUT2D eigenvalue weighted by molar-refractivity contribution is 5.98. The van der Waals surface area contributed by atoms with E-state index in [9.17, 15) is 9.59 Å². The number of hydrogen-bond donors (Lipinski definition) is 2. The average Bonchev–Trinajstić information content (AvgIpc) is 2.73. The third-order valence-corrected chi connectivity index (χ3v) is 4.47. The maximum Gasteiger partial charge on any atom is 0.176 e. The molecule has 2 N–H and O–H groups in total. The van der Waals surface area contributed by atoms with Crippen LogP contribution in [0.5, 0.6) is 0 Å². The lowest BCUT2D eigenvalue weighted by Crippen LogP contribution is -2.24. The normalized spacial score (nSPS) is 10.7. The molecule has 0 aliphatic heterocycles. The Balaban J connectivity index is 1.39. The van der Waals surface area contributed by atoms with Gasteiger partial charge in [-0.3, -0.25) is 9.59 Å². The molecule has 0 saturated carbocycles. The Morgan fingerprint density at radius 2 is 0.926 bits per heavy atom. The van der Waals surface area contributed by atoms with Crippen molar-refractivity contribution in [1.82, 2.24) is 10.6 Å². The zero-order valence-corrected chi connectivity index (χ0v) is 16.0. The van der Waals surface area contributed by atoms with Crippen molar-refractivity contribution in [2.45, 2.75) is 32.1 Å². The van der Waals surface area contributed by atoms with Crippen LogP contribution in [0, 0.1) is 0 Å². The number of Topliss-reactive ketones (excluding diaryl/α,β-unsaturated/α-hetero) is 2. The Morgan fingerprint density at radius 1 is 0.556 bits per heavy atom. The van der Waals surface area contributed by atoms with E-state index in [-0.39, 0.29) is 11.6 Å². The molecule has 2 rings (SSSR count). The first kappa shape index (κ1) is 21.0. The van der Waals surface area contributed by atoms with E-state index in [1.165, 1.54) is 6.42 Å². The molecule has 0 heterocycles. The van der Waals surface area contributed by atoms with Gasteiger partial charge in [-0.2, -0.15) is 0 Å². The third-order valence-electron chi connectivity index (χ3n) is 4.47. The predicted octanol–water partition coefficient (Wildman–Crippen LogP) is 3.88. The molecule has 0 fully saturated rings. The molecule has 0 amide bonds. The van der Waals surface area contributed by atoms with Gasteiger partial charge in [-0.15, -0.1) is 0 Å². The highest BCUT2D eigenvalue weighted by atomic mass is 16.1. The summed E-state index contributed by atoms with van der Waals surface area (Å²) in [7, 11) is 0. The molecule has 144 valence electrons. The predicted molar refractivity (Wildman–Crippen MR) is 110 cm³/mol. The molecule has 0 spiro atoms. The molecule has 4 heteroatoms. The van der Waals surface area contributed by atoms with Crippen molar-refractivity contribution in [3.63, 3.8) is 0 Å². The summed E-state index contributed by atoms with van der Waals surface area (Å²) >= 11 is 0. The van der Waals surface area contributed by atoms with Gasteiger partial charge in [-0.25, -0.2) is 0 Å². The molecular formula is C23H30N2O2. The van der Waals surface area contributed by atoms with E-state index in [2.05, 4.69) is 10.6 Å². The minimum absolute atomic E-state index is 0.145. The van der Waals surface area contributed by atoms with E-state index in [0.29, 0.717) is 13.1 Å². The van der Waals surface area contributed by atoms with Gasteiger partial charge in [0.1, 0.15) is 0 Å². The van der Waals surface area contributed by atoms with Crippen LogP contribution in [0.2, 0.25) is 0 Å². The van der Waals surface area contributed by atoms with E-state index in [1.807, 2.05) is 60.7 Å². The van der Waals surface area contributed by atoms with Crippen LogP contribution < -0.4 is 10.6 Å². The summed E-state index contributed by atoms with van der Waals surface area (Å²) in [6, 6.07) is 18.8. The average molecular weight is 367 g/mol. The molecule has 0 aliphatic rings. The first-order chi connectivity index (χ1) is 13.3. The molecule has 27 heavy (non-hydrogen) atoms. The van der Waals surface area contributed by atoms with Gasteiger partial charge in [0.25, 0.3) is 0 Å². The SMILES string of the molecule is O=C(CNCCCCCCCNCC(=O)c1ccccc1)c1ccccc1. The highest BCUT2D eigenvalue weighted by Gasteiger charge is 2.04. The number of unbranched alkanes of at least 4 members (excludes halogenated alkanes) is 4. The van der Waals surface area contributed by atoms with E-state index in [1.54, 1.807) is 0 Å². The Labute approximate surface area is 162 Å². The highest BCUT2D eigenvalue weighted by Crippen LogP contribution is 2.03. The summed E-state index contributed by atoms with van der Waals surface area (Å²) in [5.74, 6) is 0.290. The fourth-order valence-corrected chi connectivity index (χ4v) is 2.89. The quantitative estimate of drug-likeness (QED) is 0.393. The van der Waals surface area contributed by atoms with Crippen molar-refractivity contribution in [3.8, 4) is 0 Å². The molecule has 2 aromatic rings. The van der Waals surface area contributed by atoms with Crippen molar-refractivity contribution >= 4 is 11.6 Å². The van der Waals surface area contributed by atoms with Crippen LogP contribution in [-0.4, -0.2) is 37.7 Å². The van der Waals surface area contributed by atoms with Crippen LogP contribution in [0.15, 0.2) is 60.7 Å². The third kappa shape index (κ3) is 8.76. The lowest BCUT2D eigenvalue weighted by Gasteiger charge is -2.06. The molecule has 0 radical (unpaired) electrons. The van der Waals surface area contributed by atoms with Gasteiger partial charge >= 0.3 is 0 Å². The second-order valence-corrected chi connectivity index (χ2v) is 6.70. The summed E-state index contributed by atoms with van der Waals surface area (Å²) in [6.07, 6.45) is 5.68. The van der Waals surface area contributed by atoms with Crippen LogP contribution in [0.4, 0.5) is 0 Å². The topological polar surface area (TPSA) is 58.2 Å². The van der Waals surface area contributed by atoms with Crippen molar-refractivity contribution in [3.05, 3.63) is 71.8 Å². The standard InChI is InChI=1S/C23H30N2O2/c26-22(20-12-6-4-7-13-20)18-24-16-10-2-1-3-11-17-25-19-23(27)21-14-8-5-9-15-21/h4-9,12-15,24-25H,1-3,10-11,16-19H2. The van der Waals surface area contributed by atoms with Crippen molar-refractivity contribution in [2.75, 3.05) is 26.2 Å². The Kier molecular flexibility index (Phi) is 10.1. The van der Waals surface area contributed by atoms with Crippen LogP contribution in [0.25, 0.3) is 0 Å². The van der Waals surface area contributed by atoms with Gasteiger partial charge in [0, 0.05) is 11.1 Å². The summed E-state index contributed by atoms with van der Waals surface area (Å²) in [5.41, 5.74) is 1.53. The van der Waals surface area contributed by atoms with E-state index in [0.717, 1.165) is 49.9 Å². The fourth-order valence-electron chi connectivity index (χ4n) is 2.89. The molecule has 0 bridgehead atoms. The first-order valence-corrected chi connectivity index (χ1v) is 9.85. The zero-order chi connectivity index (χ0) is 19.2. The fraction of sp³-hybridized carbons (Fsp3) is 0.391. The molecule has 0 unspecified atom stereocenters. The van der Waals surface area contributed by atoms with Gasteiger partial charge in [0.2, 0.25) is 0 Å². The summed E-state index contributed by atoms with van der Waals surface area (Å²) < 4.78 is 0. The Hall–Kier alpha value is -2.30. The van der Waals surface area contributed by atoms with E-state index < -0.39 is 0 Å². The summed E-state index contributed by atoms with van der Waals surface area (Å²) in [6.45, 7) is 2.57. The van der Waals surface area contributed by atoms with Gasteiger partial charge < -0.3 is 10.6 Å². The van der Waals surface area contributed by atoms with E-state index >= 15 is 0 Å². The Bertz CT molecular complexity index is 612. The van der Waals surface area contributed by atoms with Crippen LogP contribution >= 0.6 is 0 Å². The van der Waals surface area contributed by atoms with Crippen LogP contribution in [-0.2, 0) is 0 Å². The lowest BCUT2D eigenvalue weighted by atomic mass is 10.1. The van der Waals surface area contributed by atoms with Crippen molar-refractivity contribution < 1.29 is 9.59 Å². The van der Waals surface area contributed by atoms with Crippen molar-refractivity contribution in [1.29, 1.82) is 0 Å². The van der Waals surface area contributed by atoms with E-state index in [4.69, 9.17) is 0 Å². The maximum atomic E-state index is 11.9. The van der Waals surface area contributed by atoms with Gasteiger partial charge in [0.15, 0.2) is 11.6 Å². The number of rotatable bonds is 14. The van der Waals surface area contributed by atoms with Crippen LogP contribution in [0.1, 0.15) is 52.8 Å². The van der Waals surface area contributed by atoms with Gasteiger partial charge in [-0.1, -0.05) is 79.9 Å². The number of carbonyl (C=O) groups is 2. The first-order valence-electron chi connectivity index (χ1n) is 9.85. The molecule has 0 aromatic heterocycles. The number of nitrogens with one attached hydrogen (secondary N) is 2. The lowest BCUT2D eigenvalue weighted by molar-refractivity contribution is 0.0983. The smallest absolute Gasteiger partial charge is 0.176 e. The van der Waals surface area contributed by atoms with Gasteiger partial charge in [-0.05, 0) is 25.9 Å². The summed E-state index contributed by atoms with van der Waals surface area (Å²) in [5, 5.41) is 6.45. The molecule has 0 atom stereocenters. The van der Waals surface area contributed by atoms with Gasteiger partial charge in [0.05, 0.1) is 13.1 Å². The number of hydrogen-bond acceptors (Lipinski definition) is 4. The molecule has 4 nitrogen and oxygen atoms in total. The number of benzene rings is 2. The van der Waals surface area contributed by atoms with Crippen LogP contribution in [0.3, 0.4) is 0 Å². The molecule has 0 aliphatic carbocycles. The Morgan fingerprint density at radius 3 is 1.33 bits per heavy atom. The minimum Gasteiger partial charge on any atom is -0.310 e.